The van der Waals surface area contributed by atoms with E-state index < -0.39 is 0 Å². The summed E-state index contributed by atoms with van der Waals surface area (Å²) in [5.41, 5.74) is 1.22. The lowest BCUT2D eigenvalue weighted by molar-refractivity contribution is 0.182. The molecule has 1 saturated carbocycles. The molecule has 1 aliphatic carbocycles. The molecule has 1 heterocycles. The molecule has 1 aromatic carbocycles. The number of hydrogen-bond acceptors (Lipinski definition) is 4. The second-order valence-corrected chi connectivity index (χ2v) is 6.33. The van der Waals surface area contributed by atoms with E-state index in [1.54, 1.807) is 13.2 Å². The first-order valence-corrected chi connectivity index (χ1v) is 8.05. The number of hydrogen-bond donors (Lipinski definition) is 2. The van der Waals surface area contributed by atoms with E-state index in [0.717, 1.165) is 19.1 Å². The van der Waals surface area contributed by atoms with Crippen molar-refractivity contribution in [3.05, 3.63) is 23.8 Å². The van der Waals surface area contributed by atoms with Gasteiger partial charge in [-0.2, -0.15) is 0 Å². The molecule has 21 heavy (non-hydrogen) atoms. The van der Waals surface area contributed by atoms with Gasteiger partial charge in [-0.25, -0.2) is 0 Å². The third-order valence-corrected chi connectivity index (χ3v) is 4.79. The maximum Gasteiger partial charge on any atom is 0.160 e. The second-order valence-electron chi connectivity index (χ2n) is 6.33. The van der Waals surface area contributed by atoms with Crippen molar-refractivity contribution in [1.29, 1.82) is 0 Å². The Hall–Kier alpha value is -1.26. The number of benzene rings is 1. The zero-order valence-corrected chi connectivity index (χ0v) is 13.0. The molecule has 1 aromatic rings. The highest BCUT2D eigenvalue weighted by Gasteiger charge is 2.34. The molecule has 2 aliphatic rings. The molecule has 116 valence electrons. The third-order valence-electron chi connectivity index (χ3n) is 4.79. The number of nitrogens with zero attached hydrogens (tertiary/aromatic N) is 1. The van der Waals surface area contributed by atoms with Crippen LogP contribution < -0.4 is 10.1 Å². The first kappa shape index (κ1) is 14.7. The van der Waals surface area contributed by atoms with E-state index in [4.69, 9.17) is 4.74 Å². The van der Waals surface area contributed by atoms with Gasteiger partial charge >= 0.3 is 0 Å². The molecule has 2 unspecified atom stereocenters. The Morgan fingerprint density at radius 2 is 2.19 bits per heavy atom. The molecule has 0 amide bonds. The van der Waals surface area contributed by atoms with Crippen molar-refractivity contribution in [3.8, 4) is 11.5 Å². The summed E-state index contributed by atoms with van der Waals surface area (Å²) in [4.78, 5) is 2.62. The van der Waals surface area contributed by atoms with Gasteiger partial charge in [-0.05, 0) is 56.8 Å². The summed E-state index contributed by atoms with van der Waals surface area (Å²) in [6, 6.07) is 7.43. The number of phenols is 1. The minimum Gasteiger partial charge on any atom is -0.504 e. The van der Waals surface area contributed by atoms with Gasteiger partial charge in [0.2, 0.25) is 0 Å². The second kappa shape index (κ2) is 6.24. The minimum absolute atomic E-state index is 0.212. The van der Waals surface area contributed by atoms with Crippen LogP contribution in [0.1, 0.15) is 44.2 Å². The predicted octanol–water partition coefficient (Wildman–Crippen LogP) is 2.68. The highest BCUT2D eigenvalue weighted by molar-refractivity contribution is 5.42. The first-order valence-electron chi connectivity index (χ1n) is 8.05. The molecule has 4 nitrogen and oxygen atoms in total. The fourth-order valence-corrected chi connectivity index (χ4v) is 3.34. The average Bonchev–Trinajstić information content (AvgIpc) is 3.21. The normalized spacial score (nSPS) is 23.5. The third kappa shape index (κ3) is 3.33. The molecule has 2 N–H and O–H groups in total. The van der Waals surface area contributed by atoms with Gasteiger partial charge in [-0.1, -0.05) is 6.07 Å². The summed E-state index contributed by atoms with van der Waals surface area (Å²) >= 11 is 0. The van der Waals surface area contributed by atoms with E-state index in [1.165, 1.54) is 31.2 Å². The quantitative estimate of drug-likeness (QED) is 0.845. The molecule has 2 atom stereocenters. The topological polar surface area (TPSA) is 44.7 Å². The zero-order valence-electron chi connectivity index (χ0n) is 13.0. The van der Waals surface area contributed by atoms with Gasteiger partial charge in [-0.15, -0.1) is 0 Å². The zero-order chi connectivity index (χ0) is 14.8. The Kier molecular flexibility index (Phi) is 4.36. The number of rotatable bonds is 6. The highest BCUT2D eigenvalue weighted by atomic mass is 16.5. The summed E-state index contributed by atoms with van der Waals surface area (Å²) in [5.74, 6) is 0.776. The van der Waals surface area contributed by atoms with Crippen LogP contribution >= 0.6 is 0 Å². The largest absolute Gasteiger partial charge is 0.504 e. The molecule has 1 aliphatic heterocycles. The van der Waals surface area contributed by atoms with Crippen LogP contribution in [0, 0.1) is 0 Å². The van der Waals surface area contributed by atoms with E-state index in [9.17, 15) is 5.11 Å². The van der Waals surface area contributed by atoms with E-state index in [-0.39, 0.29) is 5.75 Å². The van der Waals surface area contributed by atoms with Crippen molar-refractivity contribution in [2.24, 2.45) is 0 Å². The minimum atomic E-state index is 0.212. The Morgan fingerprint density at radius 3 is 2.81 bits per heavy atom. The number of ether oxygens (including phenoxy) is 1. The van der Waals surface area contributed by atoms with Crippen LogP contribution in [0.5, 0.6) is 11.5 Å². The Morgan fingerprint density at radius 1 is 1.38 bits per heavy atom. The number of methoxy groups -OCH3 is 1. The number of nitrogens with one attached hydrogen (secondary N) is 1. The Bertz CT molecular complexity index is 482. The van der Waals surface area contributed by atoms with Crippen LogP contribution in [0.4, 0.5) is 0 Å². The fraction of sp³-hybridized carbons (Fsp3) is 0.647. The molecule has 1 saturated heterocycles. The first-order chi connectivity index (χ1) is 10.2. The lowest BCUT2D eigenvalue weighted by atomic mass is 10.0. The van der Waals surface area contributed by atoms with Gasteiger partial charge in [-0.3, -0.25) is 4.90 Å². The molecule has 4 heteroatoms. The van der Waals surface area contributed by atoms with Gasteiger partial charge in [0.25, 0.3) is 0 Å². The predicted molar refractivity (Wildman–Crippen MR) is 83.8 cm³/mol. The Labute approximate surface area is 127 Å². The van der Waals surface area contributed by atoms with Crippen molar-refractivity contribution in [2.45, 2.75) is 50.7 Å². The van der Waals surface area contributed by atoms with Crippen LogP contribution in [-0.2, 0) is 0 Å². The van der Waals surface area contributed by atoms with E-state index >= 15 is 0 Å². The van der Waals surface area contributed by atoms with Crippen LogP contribution in [0.3, 0.4) is 0 Å². The van der Waals surface area contributed by atoms with Crippen LogP contribution in [-0.4, -0.2) is 42.3 Å². The highest BCUT2D eigenvalue weighted by Crippen LogP contribution is 2.37. The van der Waals surface area contributed by atoms with Gasteiger partial charge in [0, 0.05) is 24.7 Å². The van der Waals surface area contributed by atoms with Crippen LogP contribution in [0.2, 0.25) is 0 Å². The molecule has 0 radical (unpaired) electrons. The van der Waals surface area contributed by atoms with Crippen LogP contribution in [0.25, 0.3) is 0 Å². The van der Waals surface area contributed by atoms with E-state index in [0.29, 0.717) is 17.8 Å². The number of phenolic OH excluding ortho intramolecular Hbond substituents is 1. The molecule has 3 rings (SSSR count). The van der Waals surface area contributed by atoms with Gasteiger partial charge in [0.15, 0.2) is 11.5 Å². The fourth-order valence-electron chi connectivity index (χ4n) is 3.34. The van der Waals surface area contributed by atoms with E-state index in [1.807, 2.05) is 12.1 Å². The maximum atomic E-state index is 9.76. The van der Waals surface area contributed by atoms with Crippen molar-refractivity contribution < 1.29 is 9.84 Å². The van der Waals surface area contributed by atoms with Crippen molar-refractivity contribution in [2.75, 3.05) is 20.2 Å². The smallest absolute Gasteiger partial charge is 0.160 e. The number of aromatic hydroxyl groups is 1. The standard InChI is InChI=1S/C17H26N2O2/c1-12(13-5-8-16(20)17(10-13)21-2)19(15-6-7-15)11-14-4-3-9-18-14/h5,8,10,12,14-15,18,20H,3-4,6-7,9,11H2,1-2H3. The van der Waals surface area contributed by atoms with Gasteiger partial charge in [0.1, 0.15) is 0 Å². The average molecular weight is 290 g/mol. The molecule has 0 spiro atoms. The molecule has 2 fully saturated rings. The molecular weight excluding hydrogens is 264 g/mol. The molecular formula is C17H26N2O2. The molecule has 0 bridgehead atoms. The summed E-state index contributed by atoms with van der Waals surface area (Å²) in [7, 11) is 1.60. The van der Waals surface area contributed by atoms with Crippen LogP contribution in [0.15, 0.2) is 18.2 Å². The van der Waals surface area contributed by atoms with Crippen molar-refractivity contribution >= 4 is 0 Å². The van der Waals surface area contributed by atoms with E-state index in [2.05, 4.69) is 17.1 Å². The summed E-state index contributed by atoms with van der Waals surface area (Å²) in [6.07, 6.45) is 5.21. The Balaban J connectivity index is 1.75. The summed E-state index contributed by atoms with van der Waals surface area (Å²) in [6.45, 7) is 4.54. The molecule has 0 aromatic heterocycles. The van der Waals surface area contributed by atoms with Crippen molar-refractivity contribution in [1.82, 2.24) is 10.2 Å². The van der Waals surface area contributed by atoms with Gasteiger partial charge in [0.05, 0.1) is 7.11 Å². The SMILES string of the molecule is COc1cc(C(C)N(CC2CCCN2)C2CC2)ccc1O. The lowest BCUT2D eigenvalue weighted by Crippen LogP contribution is -2.40. The maximum absolute atomic E-state index is 9.76. The monoisotopic (exact) mass is 290 g/mol. The summed E-state index contributed by atoms with van der Waals surface area (Å²) < 4.78 is 5.24. The lowest BCUT2D eigenvalue weighted by Gasteiger charge is -2.32. The van der Waals surface area contributed by atoms with Crippen molar-refractivity contribution in [3.63, 3.8) is 0 Å². The summed E-state index contributed by atoms with van der Waals surface area (Å²) in [5, 5.41) is 13.4. The van der Waals surface area contributed by atoms with Gasteiger partial charge < -0.3 is 15.2 Å².